The van der Waals surface area contributed by atoms with E-state index in [-0.39, 0.29) is 3.71 Å². The molecule has 1 rings (SSSR count). The van der Waals surface area contributed by atoms with Gasteiger partial charge in [0.15, 0.2) is 11.6 Å². The zero-order valence-electron chi connectivity index (χ0n) is 11.2. The van der Waals surface area contributed by atoms with E-state index in [1.165, 1.54) is 19.9 Å². The molecule has 21 heavy (non-hydrogen) atoms. The molecule has 1 aromatic rings. The van der Waals surface area contributed by atoms with Crippen molar-refractivity contribution in [3.63, 3.8) is 0 Å². The van der Waals surface area contributed by atoms with Gasteiger partial charge in [0.05, 0.1) is 22.8 Å². The van der Waals surface area contributed by atoms with E-state index in [0.29, 0.717) is 12.1 Å². The Bertz CT molecular complexity index is 764. The van der Waals surface area contributed by atoms with E-state index < -0.39 is 54.4 Å². The quantitative estimate of drug-likeness (QED) is 0.807. The van der Waals surface area contributed by atoms with E-state index in [9.17, 15) is 25.6 Å². The summed E-state index contributed by atoms with van der Waals surface area (Å²) in [6.07, 6.45) is 0. The summed E-state index contributed by atoms with van der Waals surface area (Å²) in [6.45, 7) is 2.39. The summed E-state index contributed by atoms with van der Waals surface area (Å²) in [6, 6.07) is 2.29. The molecule has 0 aromatic heterocycles. The molecule has 0 saturated heterocycles. The third-order valence-corrected chi connectivity index (χ3v) is 6.82. The molecule has 0 amide bonds. The predicted molar refractivity (Wildman–Crippen MR) is 72.5 cm³/mol. The number of anilines is 1. The summed E-state index contributed by atoms with van der Waals surface area (Å²) in [5.41, 5.74) is -1.32. The molecule has 0 heterocycles. The lowest BCUT2D eigenvalue weighted by atomic mass is 10.2. The highest BCUT2D eigenvalue weighted by atomic mass is 32.3. The summed E-state index contributed by atoms with van der Waals surface area (Å²) < 4.78 is 74.4. The summed E-state index contributed by atoms with van der Waals surface area (Å²) in [5.74, 6) is -4.00. The van der Waals surface area contributed by atoms with Crippen molar-refractivity contribution in [3.8, 4) is 6.07 Å². The zero-order chi connectivity index (χ0) is 16.4. The standard InChI is InChI=1S/C11H12F2N2O4S2/c1-3-20(16,17)15(21(18,19)4-2)11-6-10(13)9(12)5-8(11)7-14/h5-6H,3-4H2,1-2H3. The van der Waals surface area contributed by atoms with Gasteiger partial charge in [-0.3, -0.25) is 0 Å². The van der Waals surface area contributed by atoms with E-state index in [1.54, 1.807) is 0 Å². The van der Waals surface area contributed by atoms with Gasteiger partial charge in [0.2, 0.25) is 20.0 Å². The lowest BCUT2D eigenvalue weighted by Crippen LogP contribution is -2.39. The molecule has 1 aromatic carbocycles. The smallest absolute Gasteiger partial charge is 0.205 e. The van der Waals surface area contributed by atoms with Crippen molar-refractivity contribution in [1.29, 1.82) is 5.26 Å². The molecule has 0 atom stereocenters. The SMILES string of the molecule is CCS(=O)(=O)N(c1cc(F)c(F)cc1C#N)S(=O)(=O)CC. The van der Waals surface area contributed by atoms with Crippen molar-refractivity contribution in [2.75, 3.05) is 15.2 Å². The first-order valence-electron chi connectivity index (χ1n) is 5.75. The van der Waals surface area contributed by atoms with Crippen LogP contribution in [0.15, 0.2) is 12.1 Å². The second kappa shape index (κ2) is 5.95. The van der Waals surface area contributed by atoms with Gasteiger partial charge in [-0.25, -0.2) is 25.6 Å². The van der Waals surface area contributed by atoms with Crippen molar-refractivity contribution in [2.24, 2.45) is 0 Å². The van der Waals surface area contributed by atoms with Crippen LogP contribution in [0, 0.1) is 23.0 Å². The van der Waals surface area contributed by atoms with Crippen LogP contribution in [0.4, 0.5) is 14.5 Å². The molecule has 0 aliphatic carbocycles. The fourth-order valence-electron chi connectivity index (χ4n) is 1.48. The highest BCUT2D eigenvalue weighted by molar-refractivity contribution is 8.10. The van der Waals surface area contributed by atoms with Crippen LogP contribution in [-0.2, 0) is 20.0 Å². The van der Waals surface area contributed by atoms with Crippen LogP contribution in [0.1, 0.15) is 19.4 Å². The third kappa shape index (κ3) is 3.30. The number of benzene rings is 1. The van der Waals surface area contributed by atoms with Crippen LogP contribution >= 0.6 is 0 Å². The second-order valence-corrected chi connectivity index (χ2v) is 8.34. The van der Waals surface area contributed by atoms with Crippen LogP contribution in [0.5, 0.6) is 0 Å². The normalized spacial score (nSPS) is 12.0. The summed E-state index contributed by atoms with van der Waals surface area (Å²) >= 11 is 0. The molecular formula is C11H12F2N2O4S2. The Hall–Kier alpha value is -1.73. The van der Waals surface area contributed by atoms with Crippen molar-refractivity contribution >= 4 is 25.7 Å². The topological polar surface area (TPSA) is 95.3 Å². The van der Waals surface area contributed by atoms with Crippen LogP contribution < -0.4 is 3.71 Å². The molecule has 0 bridgehead atoms. The van der Waals surface area contributed by atoms with Crippen molar-refractivity contribution in [3.05, 3.63) is 29.3 Å². The van der Waals surface area contributed by atoms with Gasteiger partial charge in [0, 0.05) is 6.07 Å². The molecule has 10 heteroatoms. The molecule has 0 aliphatic rings. The molecule has 6 nitrogen and oxygen atoms in total. The minimum atomic E-state index is -4.34. The van der Waals surface area contributed by atoms with E-state index in [1.807, 2.05) is 0 Å². The third-order valence-electron chi connectivity index (χ3n) is 2.59. The average molecular weight is 338 g/mol. The Balaban J connectivity index is 3.80. The zero-order valence-corrected chi connectivity index (χ0v) is 12.8. The van der Waals surface area contributed by atoms with Gasteiger partial charge in [0.1, 0.15) is 6.07 Å². The van der Waals surface area contributed by atoms with Crippen molar-refractivity contribution in [1.82, 2.24) is 0 Å². The van der Waals surface area contributed by atoms with Gasteiger partial charge in [-0.1, -0.05) is 0 Å². The van der Waals surface area contributed by atoms with Gasteiger partial charge in [-0.2, -0.15) is 8.97 Å². The Morgan fingerprint density at radius 3 is 1.86 bits per heavy atom. The monoisotopic (exact) mass is 338 g/mol. The Kier molecular flexibility index (Phi) is 4.91. The molecule has 0 spiro atoms. The predicted octanol–water partition coefficient (Wildman–Crippen LogP) is 1.34. The number of hydrogen-bond donors (Lipinski definition) is 0. The summed E-state index contributed by atoms with van der Waals surface area (Å²) in [4.78, 5) is 0. The molecule has 0 aliphatic heterocycles. The highest BCUT2D eigenvalue weighted by Crippen LogP contribution is 2.29. The molecule has 0 unspecified atom stereocenters. The lowest BCUT2D eigenvalue weighted by molar-refractivity contribution is 0.508. The summed E-state index contributed by atoms with van der Waals surface area (Å²) in [5, 5.41) is 8.90. The fraction of sp³-hybridized carbons (Fsp3) is 0.364. The van der Waals surface area contributed by atoms with E-state index in [2.05, 4.69) is 0 Å². The number of halogens is 2. The molecule has 116 valence electrons. The number of nitrogens with zero attached hydrogens (tertiary/aromatic N) is 2. The largest absolute Gasteiger partial charge is 0.247 e. The van der Waals surface area contributed by atoms with Crippen LogP contribution in [-0.4, -0.2) is 28.3 Å². The van der Waals surface area contributed by atoms with Crippen LogP contribution in [0.25, 0.3) is 0 Å². The maximum absolute atomic E-state index is 13.3. The first kappa shape index (κ1) is 17.3. The van der Waals surface area contributed by atoms with Crippen molar-refractivity contribution in [2.45, 2.75) is 13.8 Å². The Morgan fingerprint density at radius 1 is 1.05 bits per heavy atom. The minimum absolute atomic E-state index is 0.0128. The van der Waals surface area contributed by atoms with Crippen LogP contribution in [0.3, 0.4) is 0 Å². The summed E-state index contributed by atoms with van der Waals surface area (Å²) in [7, 11) is -8.68. The highest BCUT2D eigenvalue weighted by Gasteiger charge is 2.34. The first-order valence-corrected chi connectivity index (χ1v) is 8.97. The minimum Gasteiger partial charge on any atom is -0.205 e. The Morgan fingerprint density at radius 2 is 1.48 bits per heavy atom. The van der Waals surface area contributed by atoms with E-state index >= 15 is 0 Å². The van der Waals surface area contributed by atoms with Gasteiger partial charge in [-0.05, 0) is 19.9 Å². The lowest BCUT2D eigenvalue weighted by Gasteiger charge is -2.23. The second-order valence-electron chi connectivity index (χ2n) is 3.89. The number of rotatable bonds is 5. The number of sulfonamides is 2. The number of nitriles is 1. The maximum Gasteiger partial charge on any atom is 0.247 e. The van der Waals surface area contributed by atoms with Gasteiger partial charge in [0.25, 0.3) is 0 Å². The van der Waals surface area contributed by atoms with Gasteiger partial charge in [-0.15, -0.1) is 0 Å². The molecule has 0 saturated carbocycles. The molecule has 0 radical (unpaired) electrons. The Labute approximate surface area is 121 Å². The fourth-order valence-corrected chi connectivity index (χ4v) is 4.87. The number of hydrogen-bond acceptors (Lipinski definition) is 5. The van der Waals surface area contributed by atoms with Gasteiger partial charge >= 0.3 is 0 Å². The molecular weight excluding hydrogens is 326 g/mol. The molecule has 0 fully saturated rings. The average Bonchev–Trinajstić information content (AvgIpc) is 2.42. The first-order chi connectivity index (χ1) is 9.60. The van der Waals surface area contributed by atoms with Crippen molar-refractivity contribution < 1.29 is 25.6 Å². The maximum atomic E-state index is 13.3. The van der Waals surface area contributed by atoms with E-state index in [0.717, 1.165) is 0 Å². The van der Waals surface area contributed by atoms with Crippen LogP contribution in [0.2, 0.25) is 0 Å². The molecule has 0 N–H and O–H groups in total. The van der Waals surface area contributed by atoms with E-state index in [4.69, 9.17) is 5.26 Å². The van der Waals surface area contributed by atoms with Gasteiger partial charge < -0.3 is 0 Å².